The summed E-state index contributed by atoms with van der Waals surface area (Å²) >= 11 is 6.31. The SMILES string of the molecule is COC(=O)C1=C(C(=O)OC)N(c2cccc(C)c2Cl)COC1. The summed E-state index contributed by atoms with van der Waals surface area (Å²) < 4.78 is 14.9. The summed E-state index contributed by atoms with van der Waals surface area (Å²) in [6.45, 7) is 1.89. The molecule has 0 saturated heterocycles. The number of nitrogens with zero attached hydrogens (tertiary/aromatic N) is 1. The summed E-state index contributed by atoms with van der Waals surface area (Å²) in [7, 11) is 2.48. The largest absolute Gasteiger partial charge is 0.466 e. The lowest BCUT2D eigenvalue weighted by Crippen LogP contribution is -2.39. The Labute approximate surface area is 133 Å². The summed E-state index contributed by atoms with van der Waals surface area (Å²) in [5.41, 5.74) is 1.57. The van der Waals surface area contributed by atoms with E-state index in [4.69, 9.17) is 25.8 Å². The van der Waals surface area contributed by atoms with Gasteiger partial charge in [-0.3, -0.25) is 0 Å². The Morgan fingerprint density at radius 2 is 1.91 bits per heavy atom. The molecule has 0 bridgehead atoms. The lowest BCUT2D eigenvalue weighted by Gasteiger charge is -2.32. The van der Waals surface area contributed by atoms with Gasteiger partial charge in [-0.1, -0.05) is 23.7 Å². The zero-order valence-electron chi connectivity index (χ0n) is 12.5. The van der Waals surface area contributed by atoms with Crippen molar-refractivity contribution in [1.82, 2.24) is 0 Å². The molecule has 22 heavy (non-hydrogen) atoms. The monoisotopic (exact) mass is 325 g/mol. The van der Waals surface area contributed by atoms with E-state index in [0.29, 0.717) is 10.7 Å². The van der Waals surface area contributed by atoms with Gasteiger partial charge in [-0.05, 0) is 18.6 Å². The second-order valence-corrected chi connectivity index (χ2v) is 5.00. The minimum atomic E-state index is -0.652. The van der Waals surface area contributed by atoms with E-state index in [-0.39, 0.29) is 24.6 Å². The number of carbonyl (C=O) groups is 2. The number of hydrogen-bond donors (Lipinski definition) is 0. The van der Waals surface area contributed by atoms with Gasteiger partial charge in [0.05, 0.1) is 37.1 Å². The van der Waals surface area contributed by atoms with Crippen LogP contribution in [0.25, 0.3) is 0 Å². The van der Waals surface area contributed by atoms with Gasteiger partial charge in [-0.15, -0.1) is 0 Å². The molecular weight excluding hydrogens is 310 g/mol. The Hall–Kier alpha value is -2.05. The summed E-state index contributed by atoms with van der Waals surface area (Å²) in [5, 5.41) is 0.471. The first-order valence-electron chi connectivity index (χ1n) is 6.51. The first-order valence-corrected chi connectivity index (χ1v) is 6.89. The molecule has 1 heterocycles. The Morgan fingerprint density at radius 3 is 2.55 bits per heavy atom. The number of methoxy groups -OCH3 is 2. The highest BCUT2D eigenvalue weighted by atomic mass is 35.5. The van der Waals surface area contributed by atoms with Crippen LogP contribution in [0, 0.1) is 6.92 Å². The maximum absolute atomic E-state index is 12.1. The summed E-state index contributed by atoms with van der Waals surface area (Å²) in [6.07, 6.45) is 0. The van der Waals surface area contributed by atoms with Crippen LogP contribution in [-0.4, -0.2) is 39.5 Å². The third-order valence-electron chi connectivity index (χ3n) is 3.30. The molecule has 1 aromatic rings. The zero-order chi connectivity index (χ0) is 16.3. The van der Waals surface area contributed by atoms with E-state index in [1.54, 1.807) is 12.1 Å². The van der Waals surface area contributed by atoms with Crippen LogP contribution in [0.4, 0.5) is 5.69 Å². The van der Waals surface area contributed by atoms with Crippen molar-refractivity contribution in [1.29, 1.82) is 0 Å². The molecule has 0 atom stereocenters. The van der Waals surface area contributed by atoms with Crippen LogP contribution in [0.1, 0.15) is 5.56 Å². The van der Waals surface area contributed by atoms with Gasteiger partial charge in [0, 0.05) is 0 Å². The number of esters is 2. The number of ether oxygens (including phenoxy) is 3. The molecule has 7 heteroatoms. The average Bonchev–Trinajstić information content (AvgIpc) is 2.55. The first-order chi connectivity index (χ1) is 10.5. The molecule has 0 N–H and O–H groups in total. The fraction of sp³-hybridized carbons (Fsp3) is 0.333. The lowest BCUT2D eigenvalue weighted by atomic mass is 10.1. The fourth-order valence-corrected chi connectivity index (χ4v) is 2.40. The van der Waals surface area contributed by atoms with E-state index >= 15 is 0 Å². The Bertz CT molecular complexity index is 641. The summed E-state index contributed by atoms with van der Waals surface area (Å²) in [5.74, 6) is -1.30. The van der Waals surface area contributed by atoms with E-state index in [1.807, 2.05) is 13.0 Å². The highest BCUT2D eigenvalue weighted by Gasteiger charge is 2.33. The molecule has 0 aromatic heterocycles. The van der Waals surface area contributed by atoms with Gasteiger partial charge in [-0.25, -0.2) is 9.59 Å². The molecule has 2 rings (SSSR count). The van der Waals surface area contributed by atoms with E-state index in [0.717, 1.165) is 5.56 Å². The molecule has 1 aliphatic rings. The van der Waals surface area contributed by atoms with Crippen LogP contribution in [0.15, 0.2) is 29.5 Å². The van der Waals surface area contributed by atoms with E-state index in [1.165, 1.54) is 19.1 Å². The summed E-state index contributed by atoms with van der Waals surface area (Å²) in [6, 6.07) is 5.39. The van der Waals surface area contributed by atoms with Crippen molar-refractivity contribution in [3.8, 4) is 0 Å². The van der Waals surface area contributed by atoms with Crippen LogP contribution in [0.2, 0.25) is 5.02 Å². The number of benzene rings is 1. The quantitative estimate of drug-likeness (QED) is 0.792. The number of carbonyl (C=O) groups excluding carboxylic acids is 2. The maximum Gasteiger partial charge on any atom is 0.355 e. The standard InChI is InChI=1S/C15H16ClNO5/c1-9-5-4-6-11(12(9)16)17-8-22-7-10(14(18)20-2)13(17)15(19)21-3/h4-6H,7-8H2,1-3H3. The van der Waals surface area contributed by atoms with Gasteiger partial charge in [0.1, 0.15) is 12.4 Å². The van der Waals surface area contributed by atoms with Gasteiger partial charge in [-0.2, -0.15) is 0 Å². The van der Waals surface area contributed by atoms with Crippen molar-refractivity contribution >= 4 is 29.2 Å². The third-order valence-corrected chi connectivity index (χ3v) is 3.79. The molecule has 0 saturated carbocycles. The number of halogens is 1. The Balaban J connectivity index is 2.60. The van der Waals surface area contributed by atoms with Gasteiger partial charge in [0.25, 0.3) is 0 Å². The molecule has 0 spiro atoms. The van der Waals surface area contributed by atoms with Crippen molar-refractivity contribution in [3.05, 3.63) is 40.1 Å². The second kappa shape index (κ2) is 6.81. The van der Waals surface area contributed by atoms with Crippen LogP contribution >= 0.6 is 11.6 Å². The van der Waals surface area contributed by atoms with E-state index in [2.05, 4.69) is 0 Å². The van der Waals surface area contributed by atoms with Crippen LogP contribution < -0.4 is 4.90 Å². The highest BCUT2D eigenvalue weighted by molar-refractivity contribution is 6.34. The molecule has 0 aliphatic carbocycles. The normalized spacial score (nSPS) is 14.8. The Kier molecular flexibility index (Phi) is 5.05. The van der Waals surface area contributed by atoms with Crippen LogP contribution in [0.5, 0.6) is 0 Å². The molecule has 118 valence electrons. The third kappa shape index (κ3) is 2.93. The first kappa shape index (κ1) is 16.3. The molecule has 0 amide bonds. The fourth-order valence-electron chi connectivity index (χ4n) is 2.17. The maximum atomic E-state index is 12.1. The van der Waals surface area contributed by atoms with Gasteiger partial charge in [0.15, 0.2) is 0 Å². The minimum Gasteiger partial charge on any atom is -0.466 e. The predicted molar refractivity (Wildman–Crippen MR) is 80.5 cm³/mol. The van der Waals surface area contributed by atoms with Crippen LogP contribution in [0.3, 0.4) is 0 Å². The second-order valence-electron chi connectivity index (χ2n) is 4.62. The number of hydrogen-bond acceptors (Lipinski definition) is 6. The van der Waals surface area contributed by atoms with Gasteiger partial charge >= 0.3 is 11.9 Å². The highest BCUT2D eigenvalue weighted by Crippen LogP contribution is 2.34. The smallest absolute Gasteiger partial charge is 0.355 e. The lowest BCUT2D eigenvalue weighted by molar-refractivity contribution is -0.140. The minimum absolute atomic E-state index is 0.0307. The molecule has 0 fully saturated rings. The topological polar surface area (TPSA) is 65.1 Å². The molecule has 1 aliphatic heterocycles. The molecule has 0 radical (unpaired) electrons. The predicted octanol–water partition coefficient (Wildman–Crippen LogP) is 2.04. The Morgan fingerprint density at radius 1 is 1.23 bits per heavy atom. The zero-order valence-corrected chi connectivity index (χ0v) is 13.3. The van der Waals surface area contributed by atoms with Crippen molar-refractivity contribution < 1.29 is 23.8 Å². The van der Waals surface area contributed by atoms with Crippen molar-refractivity contribution in [2.24, 2.45) is 0 Å². The number of aryl methyl sites for hydroxylation is 1. The molecule has 1 aromatic carbocycles. The summed E-state index contributed by atoms with van der Waals surface area (Å²) in [4.78, 5) is 25.6. The number of anilines is 1. The molecular formula is C15H16ClNO5. The van der Waals surface area contributed by atoms with Crippen molar-refractivity contribution in [3.63, 3.8) is 0 Å². The van der Waals surface area contributed by atoms with Gasteiger partial charge in [0.2, 0.25) is 0 Å². The van der Waals surface area contributed by atoms with Crippen LogP contribution in [-0.2, 0) is 23.8 Å². The molecule has 6 nitrogen and oxygen atoms in total. The average molecular weight is 326 g/mol. The van der Waals surface area contributed by atoms with Crippen molar-refractivity contribution in [2.75, 3.05) is 32.5 Å². The van der Waals surface area contributed by atoms with E-state index in [9.17, 15) is 9.59 Å². The number of rotatable bonds is 3. The van der Waals surface area contributed by atoms with E-state index < -0.39 is 11.9 Å². The van der Waals surface area contributed by atoms with Crippen molar-refractivity contribution in [2.45, 2.75) is 6.92 Å². The van der Waals surface area contributed by atoms with Gasteiger partial charge < -0.3 is 19.1 Å². The molecule has 0 unspecified atom stereocenters.